The van der Waals surface area contributed by atoms with Crippen LogP contribution in [0.25, 0.3) is 0 Å². The van der Waals surface area contributed by atoms with Gasteiger partial charge in [-0.15, -0.1) is 0 Å². The van der Waals surface area contributed by atoms with Gasteiger partial charge >= 0.3 is 6.03 Å². The number of fused-ring (bicyclic) bond motifs is 1. The van der Waals surface area contributed by atoms with Crippen LogP contribution in [0.15, 0.2) is 48.5 Å². The van der Waals surface area contributed by atoms with E-state index in [-0.39, 0.29) is 11.8 Å². The highest BCUT2D eigenvalue weighted by Crippen LogP contribution is 2.26. The first-order valence-electron chi connectivity index (χ1n) is 9.96. The SMILES string of the molecule is O=C(NCCN1CCc2ccccc2C1)Nc1cccc(N2CCCS2(=O)=O)c1. The molecule has 4 rings (SSSR count). The molecule has 1 fully saturated rings. The van der Waals surface area contributed by atoms with Crippen molar-refractivity contribution in [1.82, 2.24) is 10.2 Å². The minimum absolute atomic E-state index is 0.173. The van der Waals surface area contributed by atoms with Crippen molar-refractivity contribution in [1.29, 1.82) is 0 Å². The first kappa shape index (κ1) is 19.7. The van der Waals surface area contributed by atoms with Crippen LogP contribution < -0.4 is 14.9 Å². The topological polar surface area (TPSA) is 81.8 Å². The summed E-state index contributed by atoms with van der Waals surface area (Å²) in [6.07, 6.45) is 1.66. The molecule has 154 valence electrons. The zero-order valence-corrected chi connectivity index (χ0v) is 17.1. The van der Waals surface area contributed by atoms with Crippen LogP contribution in [0.4, 0.5) is 16.2 Å². The van der Waals surface area contributed by atoms with Crippen LogP contribution in [0.2, 0.25) is 0 Å². The smallest absolute Gasteiger partial charge is 0.319 e. The fraction of sp³-hybridized carbons (Fsp3) is 0.381. The molecular formula is C21H26N4O3S. The fourth-order valence-electron chi connectivity index (χ4n) is 3.92. The maximum atomic E-state index is 12.2. The highest BCUT2D eigenvalue weighted by molar-refractivity contribution is 7.93. The van der Waals surface area contributed by atoms with Crippen LogP contribution in [0.5, 0.6) is 0 Å². The lowest BCUT2D eigenvalue weighted by atomic mass is 10.00. The summed E-state index contributed by atoms with van der Waals surface area (Å²) in [6, 6.07) is 15.2. The van der Waals surface area contributed by atoms with E-state index < -0.39 is 10.0 Å². The summed E-state index contributed by atoms with van der Waals surface area (Å²) in [5.74, 6) is 0.173. The van der Waals surface area contributed by atoms with Crippen LogP contribution in [0.1, 0.15) is 17.5 Å². The second kappa shape index (κ2) is 8.42. The summed E-state index contributed by atoms with van der Waals surface area (Å²) in [5.41, 5.74) is 3.94. The van der Waals surface area contributed by atoms with Crippen molar-refractivity contribution in [2.24, 2.45) is 0 Å². The van der Waals surface area contributed by atoms with E-state index >= 15 is 0 Å². The van der Waals surface area contributed by atoms with Crippen molar-refractivity contribution in [2.45, 2.75) is 19.4 Å². The van der Waals surface area contributed by atoms with Gasteiger partial charge in [-0.1, -0.05) is 30.3 Å². The first-order chi connectivity index (χ1) is 14.0. The quantitative estimate of drug-likeness (QED) is 0.787. The van der Waals surface area contributed by atoms with Gasteiger partial charge in [-0.3, -0.25) is 9.21 Å². The Hall–Kier alpha value is -2.58. The number of carbonyl (C=O) groups excluding carboxylic acids is 1. The zero-order valence-electron chi connectivity index (χ0n) is 16.3. The van der Waals surface area contributed by atoms with Crippen LogP contribution in [0.3, 0.4) is 0 Å². The highest BCUT2D eigenvalue weighted by Gasteiger charge is 2.28. The van der Waals surface area contributed by atoms with Crippen molar-refractivity contribution in [2.75, 3.05) is 41.6 Å². The maximum Gasteiger partial charge on any atom is 0.319 e. The molecule has 0 bridgehead atoms. The molecule has 2 N–H and O–H groups in total. The summed E-state index contributed by atoms with van der Waals surface area (Å²) >= 11 is 0. The van der Waals surface area contributed by atoms with Gasteiger partial charge in [-0.25, -0.2) is 13.2 Å². The minimum Gasteiger partial charge on any atom is -0.337 e. The lowest BCUT2D eigenvalue weighted by Crippen LogP contribution is -2.39. The molecule has 8 heteroatoms. The third-order valence-corrected chi connectivity index (χ3v) is 7.28. The molecular weight excluding hydrogens is 388 g/mol. The third-order valence-electron chi connectivity index (χ3n) is 5.41. The first-order valence-corrected chi connectivity index (χ1v) is 11.6. The summed E-state index contributed by atoms with van der Waals surface area (Å²) in [4.78, 5) is 14.6. The molecule has 29 heavy (non-hydrogen) atoms. The standard InChI is InChI=1S/C21H26N4O3S/c26-21(22-10-13-24-12-9-17-5-1-2-6-18(17)16-24)23-19-7-3-8-20(15-19)25-11-4-14-29(25,27)28/h1-3,5-8,15H,4,9-14,16H2,(H2,22,23,26). The van der Waals surface area contributed by atoms with Gasteiger partial charge < -0.3 is 10.6 Å². The minimum atomic E-state index is -3.23. The number of anilines is 2. The summed E-state index contributed by atoms with van der Waals surface area (Å²) in [5, 5.41) is 5.68. The van der Waals surface area contributed by atoms with Gasteiger partial charge in [-0.2, -0.15) is 0 Å². The summed E-state index contributed by atoms with van der Waals surface area (Å²) < 4.78 is 25.6. The number of hydrogen-bond acceptors (Lipinski definition) is 4. The fourth-order valence-corrected chi connectivity index (χ4v) is 5.47. The molecule has 0 saturated carbocycles. The average molecular weight is 415 g/mol. The number of sulfonamides is 1. The molecule has 0 aliphatic carbocycles. The van der Waals surface area contributed by atoms with E-state index in [0.29, 0.717) is 30.9 Å². The van der Waals surface area contributed by atoms with E-state index in [1.807, 2.05) is 0 Å². The predicted octanol–water partition coefficient (Wildman–Crippen LogP) is 2.41. The molecule has 2 heterocycles. The number of amides is 2. The number of nitrogens with one attached hydrogen (secondary N) is 2. The summed E-state index contributed by atoms with van der Waals surface area (Å²) in [6.45, 7) is 3.72. The Bertz CT molecular complexity index is 993. The summed E-state index contributed by atoms with van der Waals surface area (Å²) in [7, 11) is -3.23. The van der Waals surface area contributed by atoms with E-state index in [9.17, 15) is 13.2 Å². The Morgan fingerprint density at radius 3 is 2.66 bits per heavy atom. The number of benzene rings is 2. The monoisotopic (exact) mass is 414 g/mol. The van der Waals surface area contributed by atoms with E-state index in [4.69, 9.17) is 0 Å². The van der Waals surface area contributed by atoms with Crippen molar-refractivity contribution in [3.8, 4) is 0 Å². The van der Waals surface area contributed by atoms with E-state index in [1.54, 1.807) is 24.3 Å². The van der Waals surface area contributed by atoms with E-state index in [1.165, 1.54) is 15.4 Å². The van der Waals surface area contributed by atoms with Gasteiger partial charge in [0.1, 0.15) is 0 Å². The molecule has 1 saturated heterocycles. The number of nitrogens with zero attached hydrogens (tertiary/aromatic N) is 2. The number of rotatable bonds is 5. The van der Waals surface area contributed by atoms with Crippen molar-refractivity contribution in [3.05, 3.63) is 59.7 Å². The third kappa shape index (κ3) is 4.71. The molecule has 0 unspecified atom stereocenters. The Morgan fingerprint density at radius 1 is 1.03 bits per heavy atom. The maximum absolute atomic E-state index is 12.2. The van der Waals surface area contributed by atoms with E-state index in [2.05, 4.69) is 39.8 Å². The van der Waals surface area contributed by atoms with Gasteiger partial charge in [0.2, 0.25) is 10.0 Å². The van der Waals surface area contributed by atoms with Gasteiger partial charge in [0, 0.05) is 38.4 Å². The molecule has 2 aromatic rings. The van der Waals surface area contributed by atoms with Crippen molar-refractivity contribution < 1.29 is 13.2 Å². The average Bonchev–Trinajstić information content (AvgIpc) is 3.07. The van der Waals surface area contributed by atoms with Crippen molar-refractivity contribution in [3.63, 3.8) is 0 Å². The zero-order chi connectivity index (χ0) is 20.3. The van der Waals surface area contributed by atoms with Gasteiger partial charge in [0.15, 0.2) is 0 Å². The molecule has 2 aliphatic heterocycles. The highest BCUT2D eigenvalue weighted by atomic mass is 32.2. The van der Waals surface area contributed by atoms with Crippen LogP contribution >= 0.6 is 0 Å². The second-order valence-corrected chi connectivity index (χ2v) is 9.48. The predicted molar refractivity (Wildman–Crippen MR) is 115 cm³/mol. The van der Waals surface area contributed by atoms with Crippen LogP contribution in [0, 0.1) is 0 Å². The molecule has 0 atom stereocenters. The molecule has 2 aromatic carbocycles. The second-order valence-electron chi connectivity index (χ2n) is 7.47. The van der Waals surface area contributed by atoms with Gasteiger partial charge in [0.25, 0.3) is 0 Å². The normalized spacial score (nSPS) is 18.3. The molecule has 2 amide bonds. The van der Waals surface area contributed by atoms with Crippen LogP contribution in [-0.2, 0) is 23.0 Å². The number of carbonyl (C=O) groups is 1. The molecule has 7 nitrogen and oxygen atoms in total. The lowest BCUT2D eigenvalue weighted by Gasteiger charge is -2.28. The Kier molecular flexibility index (Phi) is 5.73. The Labute approximate surface area is 171 Å². The van der Waals surface area contributed by atoms with Gasteiger partial charge in [-0.05, 0) is 42.2 Å². The molecule has 0 aromatic heterocycles. The molecule has 2 aliphatic rings. The Morgan fingerprint density at radius 2 is 1.86 bits per heavy atom. The van der Waals surface area contributed by atoms with Gasteiger partial charge in [0.05, 0.1) is 11.4 Å². The molecule has 0 spiro atoms. The van der Waals surface area contributed by atoms with Crippen molar-refractivity contribution >= 4 is 27.4 Å². The lowest BCUT2D eigenvalue weighted by molar-refractivity contribution is 0.239. The van der Waals surface area contributed by atoms with E-state index in [0.717, 1.165) is 26.1 Å². The largest absolute Gasteiger partial charge is 0.337 e. The Balaban J connectivity index is 1.27. The van der Waals surface area contributed by atoms with Crippen LogP contribution in [-0.4, -0.2) is 51.3 Å². The number of hydrogen-bond donors (Lipinski definition) is 2. The number of urea groups is 1. The molecule has 0 radical (unpaired) electrons.